The van der Waals surface area contributed by atoms with Gasteiger partial charge in [-0.25, -0.2) is 0 Å². The Bertz CT molecular complexity index is 2190. The third-order valence-corrected chi connectivity index (χ3v) is 25.9. The van der Waals surface area contributed by atoms with Crippen LogP contribution in [0.2, 0.25) is 33.2 Å². The molecule has 0 aliphatic carbocycles. The van der Waals surface area contributed by atoms with E-state index in [2.05, 4.69) is 185 Å². The van der Waals surface area contributed by atoms with Gasteiger partial charge in [0.1, 0.15) is 21.9 Å². The molecule has 292 valence electrons. The quantitative estimate of drug-likeness (QED) is 0.0388. The lowest BCUT2D eigenvalue weighted by Crippen LogP contribution is -2.43. The van der Waals surface area contributed by atoms with E-state index < -0.39 is 16.1 Å². The lowest BCUT2D eigenvalue weighted by molar-refractivity contribution is 0.305. The van der Waals surface area contributed by atoms with Crippen molar-refractivity contribution in [3.8, 4) is 28.7 Å². The van der Waals surface area contributed by atoms with Crippen LogP contribution in [0.15, 0.2) is 66.7 Å². The molecule has 0 radical (unpaired) electrons. The lowest BCUT2D eigenvalue weighted by atomic mass is 9.89. The fourth-order valence-corrected chi connectivity index (χ4v) is 20.8. The third-order valence-electron chi connectivity index (χ3n) is 13.0. The molecule has 0 fully saturated rings. The molecule has 0 N–H and O–H groups in total. The molecule has 55 heavy (non-hydrogen) atoms. The largest absolute Gasteiger partial charge is 0.494 e. The summed E-state index contributed by atoms with van der Waals surface area (Å²) in [7, 11) is -4.05. The van der Waals surface area contributed by atoms with Crippen LogP contribution >= 0.6 is 12.6 Å². The molecule has 5 aromatic rings. The second kappa shape index (κ2) is 18.4. The normalized spacial score (nSPS) is 12.6. The summed E-state index contributed by atoms with van der Waals surface area (Å²) in [6, 6.07) is 25.0. The first kappa shape index (κ1) is 43.0. The summed E-state index contributed by atoms with van der Waals surface area (Å²) in [6.45, 7) is 29.7. The van der Waals surface area contributed by atoms with Gasteiger partial charge in [-0.3, -0.25) is 0 Å². The number of thiol groups is 1. The summed E-state index contributed by atoms with van der Waals surface area (Å²) in [4.78, 5) is 0. The summed E-state index contributed by atoms with van der Waals surface area (Å²) in [5.74, 6) is 9.93. The van der Waals surface area contributed by atoms with E-state index in [1.54, 1.807) is 0 Å². The van der Waals surface area contributed by atoms with Crippen LogP contribution in [0, 0.1) is 22.9 Å². The van der Waals surface area contributed by atoms with Crippen LogP contribution in [0.4, 0.5) is 0 Å². The third kappa shape index (κ3) is 8.73. The van der Waals surface area contributed by atoms with Gasteiger partial charge in [-0.15, -0.1) is 11.1 Å². The molecule has 0 heterocycles. The SMILES string of the molecule is CC(C)[Si](C#Cc1c2cc3ccccc3cc2c(C#C[Si](C(C)C)(C(C)C)C(C)C)c2cc3cc(OCCCCCCCS)ccc3cc12)(C(C)C)C(C)C. The van der Waals surface area contributed by atoms with E-state index in [0.717, 1.165) is 35.7 Å². The molecule has 0 aliphatic rings. The second-order valence-electron chi connectivity index (χ2n) is 18.0. The van der Waals surface area contributed by atoms with Gasteiger partial charge in [-0.2, -0.15) is 12.6 Å². The molecule has 0 aromatic heterocycles. The Labute approximate surface area is 342 Å². The lowest BCUT2D eigenvalue weighted by Gasteiger charge is -2.38. The zero-order valence-electron chi connectivity index (χ0n) is 36.1. The van der Waals surface area contributed by atoms with E-state index in [0.29, 0.717) is 33.2 Å². The molecular formula is C51H68OSSi2. The maximum atomic E-state index is 6.36. The Balaban J connectivity index is 1.86. The van der Waals surface area contributed by atoms with Crippen molar-refractivity contribution >= 4 is 71.9 Å². The topological polar surface area (TPSA) is 9.23 Å². The number of rotatable bonds is 14. The molecule has 0 amide bonds. The van der Waals surface area contributed by atoms with Crippen molar-refractivity contribution in [1.29, 1.82) is 0 Å². The summed E-state index contributed by atoms with van der Waals surface area (Å²) in [5.41, 5.74) is 13.9. The molecule has 0 spiro atoms. The van der Waals surface area contributed by atoms with E-state index in [1.165, 1.54) is 68.8 Å². The van der Waals surface area contributed by atoms with Gasteiger partial charge in [-0.05, 0) is 131 Å². The fraction of sp³-hybridized carbons (Fsp3) is 0.490. The first-order valence-electron chi connectivity index (χ1n) is 21.3. The maximum absolute atomic E-state index is 6.36. The van der Waals surface area contributed by atoms with Gasteiger partial charge < -0.3 is 4.74 Å². The van der Waals surface area contributed by atoms with Crippen LogP contribution in [0.25, 0.3) is 43.1 Å². The van der Waals surface area contributed by atoms with Crippen LogP contribution in [0.1, 0.15) is 126 Å². The summed E-state index contributed by atoms with van der Waals surface area (Å²) in [5, 5.41) is 9.76. The first-order chi connectivity index (χ1) is 26.2. The average molecular weight is 785 g/mol. The zero-order valence-corrected chi connectivity index (χ0v) is 39.0. The maximum Gasteiger partial charge on any atom is 0.146 e. The minimum absolute atomic E-state index is 0.549. The summed E-state index contributed by atoms with van der Waals surface area (Å²) >= 11 is 4.36. The Morgan fingerprint density at radius 1 is 0.473 bits per heavy atom. The molecule has 1 nitrogen and oxygen atoms in total. The zero-order chi connectivity index (χ0) is 40.1. The van der Waals surface area contributed by atoms with Gasteiger partial charge >= 0.3 is 0 Å². The molecule has 0 saturated carbocycles. The Morgan fingerprint density at radius 3 is 1.27 bits per heavy atom. The second-order valence-corrected chi connectivity index (χ2v) is 29.6. The first-order valence-corrected chi connectivity index (χ1v) is 26.4. The van der Waals surface area contributed by atoms with Crippen molar-refractivity contribution in [2.45, 2.75) is 148 Å². The van der Waals surface area contributed by atoms with Crippen molar-refractivity contribution in [3.05, 3.63) is 77.9 Å². The van der Waals surface area contributed by atoms with Gasteiger partial charge in [0.05, 0.1) is 6.61 Å². The number of ether oxygens (including phenoxy) is 1. The van der Waals surface area contributed by atoms with Gasteiger partial charge in [-0.1, -0.05) is 145 Å². The molecule has 0 bridgehead atoms. The standard InChI is InChI=1S/C51H68OSSi2/c1-35(2)54(36(3)4,37(5)6)28-24-46-48-31-41-20-16-17-21-42(41)32-49(48)47(25-29-55(38(7)8,39(9)10)40(11)12)51-34-44-30-45(23-22-43(44)33-50(46)51)52-26-18-14-13-15-19-27-53/h16-17,20-23,30-40,53H,13-15,18-19,26-27H2,1-12H3. The molecule has 0 atom stereocenters. The molecule has 4 heteroatoms. The highest BCUT2D eigenvalue weighted by molar-refractivity contribution is 7.80. The molecule has 0 aliphatic heterocycles. The van der Waals surface area contributed by atoms with Crippen LogP contribution in [-0.4, -0.2) is 28.5 Å². The Kier molecular flexibility index (Phi) is 14.4. The number of unbranched alkanes of at least 4 members (excludes halogenated alkanes) is 4. The van der Waals surface area contributed by atoms with Crippen LogP contribution < -0.4 is 4.74 Å². The minimum atomic E-state index is -2.03. The number of fused-ring (bicyclic) bond motifs is 4. The van der Waals surface area contributed by atoms with Crippen LogP contribution in [0.3, 0.4) is 0 Å². The molecular weight excluding hydrogens is 717 g/mol. The molecule has 5 aromatic carbocycles. The van der Waals surface area contributed by atoms with Gasteiger partial charge in [0, 0.05) is 11.1 Å². The van der Waals surface area contributed by atoms with E-state index in [-0.39, 0.29) is 0 Å². The molecule has 5 rings (SSSR count). The van der Waals surface area contributed by atoms with E-state index in [9.17, 15) is 0 Å². The summed E-state index contributed by atoms with van der Waals surface area (Å²) in [6.07, 6.45) is 5.96. The van der Waals surface area contributed by atoms with Gasteiger partial charge in [0.15, 0.2) is 0 Å². The average Bonchev–Trinajstić information content (AvgIpc) is 3.13. The highest BCUT2D eigenvalue weighted by Crippen LogP contribution is 2.44. The van der Waals surface area contributed by atoms with Crippen LogP contribution in [0.5, 0.6) is 5.75 Å². The molecule has 0 saturated heterocycles. The fourth-order valence-electron chi connectivity index (χ4n) is 10.1. The highest BCUT2D eigenvalue weighted by atomic mass is 32.1. The number of benzene rings is 5. The minimum Gasteiger partial charge on any atom is -0.494 e. The van der Waals surface area contributed by atoms with Crippen molar-refractivity contribution in [1.82, 2.24) is 0 Å². The highest BCUT2D eigenvalue weighted by Gasteiger charge is 2.43. The summed E-state index contributed by atoms with van der Waals surface area (Å²) < 4.78 is 6.36. The molecule has 0 unspecified atom stereocenters. The Morgan fingerprint density at radius 2 is 0.855 bits per heavy atom. The Hall–Kier alpha value is -3.16. The van der Waals surface area contributed by atoms with Crippen molar-refractivity contribution in [2.24, 2.45) is 0 Å². The predicted molar refractivity (Wildman–Crippen MR) is 255 cm³/mol. The number of hydrogen-bond donors (Lipinski definition) is 1. The van der Waals surface area contributed by atoms with Gasteiger partial charge in [0.2, 0.25) is 0 Å². The van der Waals surface area contributed by atoms with Crippen molar-refractivity contribution in [2.75, 3.05) is 12.4 Å². The monoisotopic (exact) mass is 784 g/mol. The predicted octanol–water partition coefficient (Wildman–Crippen LogP) is 15.7. The van der Waals surface area contributed by atoms with E-state index >= 15 is 0 Å². The van der Waals surface area contributed by atoms with Crippen molar-refractivity contribution in [3.63, 3.8) is 0 Å². The van der Waals surface area contributed by atoms with Gasteiger partial charge in [0.25, 0.3) is 0 Å². The number of hydrogen-bond acceptors (Lipinski definition) is 2. The van der Waals surface area contributed by atoms with Crippen molar-refractivity contribution < 1.29 is 4.74 Å². The smallest absolute Gasteiger partial charge is 0.146 e. The van der Waals surface area contributed by atoms with E-state index in [1.807, 2.05) is 0 Å². The van der Waals surface area contributed by atoms with E-state index in [4.69, 9.17) is 4.74 Å². The van der Waals surface area contributed by atoms with Crippen LogP contribution in [-0.2, 0) is 0 Å².